The number of nitro benzene ring substituents is 1. The molecule has 0 saturated carbocycles. The first-order valence-electron chi connectivity index (χ1n) is 5.89. The molecule has 1 saturated heterocycles. The molecular formula is C12H13N3O4. The van der Waals surface area contributed by atoms with Gasteiger partial charge in [0.05, 0.1) is 10.8 Å². The van der Waals surface area contributed by atoms with Gasteiger partial charge in [-0.15, -0.1) is 0 Å². The lowest BCUT2D eigenvalue weighted by atomic mass is 9.98. The van der Waals surface area contributed by atoms with Crippen LogP contribution in [0.1, 0.15) is 12.8 Å². The third kappa shape index (κ3) is 3.06. The van der Waals surface area contributed by atoms with Crippen molar-refractivity contribution in [1.29, 1.82) is 0 Å². The molecule has 1 aliphatic rings. The summed E-state index contributed by atoms with van der Waals surface area (Å²) in [6.07, 6.45) is 0.757. The van der Waals surface area contributed by atoms with Gasteiger partial charge in [-0.05, 0) is 12.5 Å². The van der Waals surface area contributed by atoms with Crippen LogP contribution in [-0.4, -0.2) is 23.3 Å². The van der Waals surface area contributed by atoms with E-state index in [2.05, 4.69) is 10.6 Å². The normalized spacial score (nSPS) is 18.5. The Balaban J connectivity index is 2.07. The van der Waals surface area contributed by atoms with E-state index in [1.165, 1.54) is 18.2 Å². The summed E-state index contributed by atoms with van der Waals surface area (Å²) in [4.78, 5) is 33.2. The third-order valence-corrected chi connectivity index (χ3v) is 2.99. The summed E-state index contributed by atoms with van der Waals surface area (Å²) >= 11 is 0. The zero-order valence-electron chi connectivity index (χ0n) is 10.1. The monoisotopic (exact) mass is 263 g/mol. The van der Waals surface area contributed by atoms with Gasteiger partial charge in [0.25, 0.3) is 5.69 Å². The maximum atomic E-state index is 12.0. The first kappa shape index (κ1) is 13.0. The van der Waals surface area contributed by atoms with Crippen molar-refractivity contribution < 1.29 is 14.5 Å². The van der Waals surface area contributed by atoms with Gasteiger partial charge < -0.3 is 10.6 Å². The third-order valence-electron chi connectivity index (χ3n) is 2.99. The fourth-order valence-electron chi connectivity index (χ4n) is 1.93. The molecule has 7 nitrogen and oxygen atoms in total. The predicted molar refractivity (Wildman–Crippen MR) is 67.5 cm³/mol. The van der Waals surface area contributed by atoms with E-state index in [9.17, 15) is 19.7 Å². The molecular weight excluding hydrogens is 250 g/mol. The van der Waals surface area contributed by atoms with Gasteiger partial charge in [0, 0.05) is 19.0 Å². The lowest BCUT2D eigenvalue weighted by Gasteiger charge is -2.21. The molecule has 1 fully saturated rings. The van der Waals surface area contributed by atoms with E-state index in [0.717, 1.165) is 0 Å². The van der Waals surface area contributed by atoms with Crippen LogP contribution < -0.4 is 10.6 Å². The highest BCUT2D eigenvalue weighted by Crippen LogP contribution is 2.24. The van der Waals surface area contributed by atoms with Crippen LogP contribution in [0.2, 0.25) is 0 Å². The highest BCUT2D eigenvalue weighted by atomic mass is 16.6. The number of anilines is 1. The number of nitro groups is 1. The van der Waals surface area contributed by atoms with Gasteiger partial charge in [-0.3, -0.25) is 19.7 Å². The number of carbonyl (C=O) groups excluding carboxylic acids is 2. The van der Waals surface area contributed by atoms with Crippen molar-refractivity contribution in [1.82, 2.24) is 5.32 Å². The van der Waals surface area contributed by atoms with E-state index < -0.39 is 4.92 Å². The molecule has 2 amide bonds. The summed E-state index contributed by atoms with van der Waals surface area (Å²) in [7, 11) is 0. The fraction of sp³-hybridized carbons (Fsp3) is 0.333. The number of nitrogens with one attached hydrogen (secondary N) is 2. The van der Waals surface area contributed by atoms with Crippen molar-refractivity contribution in [2.45, 2.75) is 12.8 Å². The van der Waals surface area contributed by atoms with Gasteiger partial charge in [0.1, 0.15) is 5.69 Å². The van der Waals surface area contributed by atoms with E-state index >= 15 is 0 Å². The van der Waals surface area contributed by atoms with Gasteiger partial charge in [-0.2, -0.15) is 0 Å². The van der Waals surface area contributed by atoms with Gasteiger partial charge in [0.2, 0.25) is 11.8 Å². The second-order valence-electron chi connectivity index (χ2n) is 4.30. The number of carbonyl (C=O) groups is 2. The summed E-state index contributed by atoms with van der Waals surface area (Å²) in [5.41, 5.74) is 0.0325. The lowest BCUT2D eigenvalue weighted by Crippen LogP contribution is -2.40. The summed E-state index contributed by atoms with van der Waals surface area (Å²) in [6, 6.07) is 5.97. The Morgan fingerprint density at radius 2 is 2.16 bits per heavy atom. The second kappa shape index (κ2) is 5.47. The first-order valence-corrected chi connectivity index (χ1v) is 5.89. The zero-order valence-corrected chi connectivity index (χ0v) is 10.1. The Hall–Kier alpha value is -2.44. The van der Waals surface area contributed by atoms with E-state index in [0.29, 0.717) is 12.8 Å². The Labute approximate surface area is 109 Å². The van der Waals surface area contributed by atoms with Crippen LogP contribution in [0.25, 0.3) is 0 Å². The largest absolute Gasteiger partial charge is 0.355 e. The van der Waals surface area contributed by atoms with Gasteiger partial charge in [-0.25, -0.2) is 0 Å². The van der Waals surface area contributed by atoms with Crippen LogP contribution in [0.5, 0.6) is 0 Å². The molecule has 1 unspecified atom stereocenters. The second-order valence-corrected chi connectivity index (χ2v) is 4.30. The van der Waals surface area contributed by atoms with E-state index in [4.69, 9.17) is 0 Å². The standard InChI is InChI=1S/C12H13N3O4/c16-11-6-5-8(7-13-11)12(17)14-9-3-1-2-4-10(9)15(18)19/h1-4,8H,5-7H2,(H,13,16)(H,14,17). The van der Waals surface area contributed by atoms with Crippen molar-refractivity contribution in [3.8, 4) is 0 Å². The number of hydrogen-bond donors (Lipinski definition) is 2. The molecule has 7 heteroatoms. The molecule has 0 aromatic heterocycles. The van der Waals surface area contributed by atoms with Crippen molar-refractivity contribution >= 4 is 23.2 Å². The minimum atomic E-state index is -0.543. The molecule has 19 heavy (non-hydrogen) atoms. The SMILES string of the molecule is O=C1CCC(C(=O)Nc2ccccc2[N+](=O)[O-])CN1. The number of hydrogen-bond acceptors (Lipinski definition) is 4. The predicted octanol–water partition coefficient (Wildman–Crippen LogP) is 1.06. The molecule has 0 bridgehead atoms. The lowest BCUT2D eigenvalue weighted by molar-refractivity contribution is -0.383. The number of benzene rings is 1. The zero-order chi connectivity index (χ0) is 13.8. The Morgan fingerprint density at radius 1 is 1.42 bits per heavy atom. The van der Waals surface area contributed by atoms with Crippen molar-refractivity contribution in [3.63, 3.8) is 0 Å². The van der Waals surface area contributed by atoms with Crippen LogP contribution in [-0.2, 0) is 9.59 Å². The fourth-order valence-corrected chi connectivity index (χ4v) is 1.93. The molecule has 1 atom stereocenters. The molecule has 0 spiro atoms. The molecule has 1 aromatic carbocycles. The Bertz CT molecular complexity index is 519. The summed E-state index contributed by atoms with van der Waals surface area (Å²) in [6.45, 7) is 0.269. The van der Waals surface area contributed by atoms with Gasteiger partial charge in [0.15, 0.2) is 0 Å². The highest BCUT2D eigenvalue weighted by molar-refractivity contribution is 5.95. The summed E-state index contributed by atoms with van der Waals surface area (Å²) in [5.74, 6) is -0.735. The maximum Gasteiger partial charge on any atom is 0.292 e. The minimum absolute atomic E-state index is 0.0743. The number of piperidine rings is 1. The van der Waals surface area contributed by atoms with Crippen LogP contribution in [0.3, 0.4) is 0 Å². The molecule has 2 rings (SSSR count). The number of nitrogens with zero attached hydrogens (tertiary/aromatic N) is 1. The van der Waals surface area contributed by atoms with Crippen molar-refractivity contribution in [2.24, 2.45) is 5.92 Å². The molecule has 1 heterocycles. The van der Waals surface area contributed by atoms with Crippen LogP contribution in [0.4, 0.5) is 11.4 Å². The van der Waals surface area contributed by atoms with Crippen LogP contribution in [0.15, 0.2) is 24.3 Å². The van der Waals surface area contributed by atoms with Crippen LogP contribution in [0, 0.1) is 16.0 Å². The molecule has 100 valence electrons. The quantitative estimate of drug-likeness (QED) is 0.628. The molecule has 2 N–H and O–H groups in total. The van der Waals surface area contributed by atoms with Gasteiger partial charge in [-0.1, -0.05) is 12.1 Å². The minimum Gasteiger partial charge on any atom is -0.355 e. The number of para-hydroxylation sites is 2. The summed E-state index contributed by atoms with van der Waals surface area (Å²) < 4.78 is 0. The van der Waals surface area contributed by atoms with E-state index in [-0.39, 0.29) is 35.7 Å². The topological polar surface area (TPSA) is 101 Å². The highest BCUT2D eigenvalue weighted by Gasteiger charge is 2.26. The number of amides is 2. The van der Waals surface area contributed by atoms with Crippen molar-refractivity contribution in [3.05, 3.63) is 34.4 Å². The molecule has 0 aliphatic carbocycles. The Morgan fingerprint density at radius 3 is 2.79 bits per heavy atom. The first-order chi connectivity index (χ1) is 9.08. The van der Waals surface area contributed by atoms with Gasteiger partial charge >= 0.3 is 0 Å². The summed E-state index contributed by atoms with van der Waals surface area (Å²) in [5, 5.41) is 16.0. The average molecular weight is 263 g/mol. The molecule has 1 aromatic rings. The number of rotatable bonds is 3. The van der Waals surface area contributed by atoms with Crippen molar-refractivity contribution in [2.75, 3.05) is 11.9 Å². The van der Waals surface area contributed by atoms with Crippen LogP contribution >= 0.6 is 0 Å². The molecule has 1 aliphatic heterocycles. The smallest absolute Gasteiger partial charge is 0.292 e. The van der Waals surface area contributed by atoms with E-state index in [1.807, 2.05) is 0 Å². The average Bonchev–Trinajstić information content (AvgIpc) is 2.39. The maximum absolute atomic E-state index is 12.0. The van der Waals surface area contributed by atoms with E-state index in [1.54, 1.807) is 6.07 Å². The Kier molecular flexibility index (Phi) is 3.74. The molecule has 0 radical (unpaired) electrons.